The number of carbonyl (C=O) groups excluding carboxylic acids is 1. The fourth-order valence-corrected chi connectivity index (χ4v) is 3.39. The van der Waals surface area contributed by atoms with Gasteiger partial charge in [0, 0.05) is 5.56 Å². The molecule has 0 saturated carbocycles. The van der Waals surface area contributed by atoms with Crippen molar-refractivity contribution in [1.82, 2.24) is 10.2 Å². The predicted molar refractivity (Wildman–Crippen MR) is 111 cm³/mol. The highest BCUT2D eigenvalue weighted by Gasteiger charge is 2.21. The number of hydrogen-bond donors (Lipinski definition) is 1. The lowest BCUT2D eigenvalue weighted by Gasteiger charge is -2.18. The number of nitrogens with one attached hydrogen (secondary N) is 1. The summed E-state index contributed by atoms with van der Waals surface area (Å²) in [7, 11) is 1.62. The highest BCUT2D eigenvalue weighted by Crippen LogP contribution is 2.28. The van der Waals surface area contributed by atoms with Crippen molar-refractivity contribution in [2.75, 3.05) is 12.4 Å². The summed E-state index contributed by atoms with van der Waals surface area (Å²) in [4.78, 5) is 12.7. The van der Waals surface area contributed by atoms with Crippen molar-refractivity contribution in [2.45, 2.75) is 33.3 Å². The second-order valence-electron chi connectivity index (χ2n) is 6.34. The lowest BCUT2D eigenvalue weighted by Crippen LogP contribution is -2.32. The molecule has 3 aromatic rings. The monoisotopic (exact) mass is 397 g/mol. The minimum atomic E-state index is -0.603. The molecule has 0 saturated heterocycles. The molecule has 1 heterocycles. The van der Waals surface area contributed by atoms with E-state index in [2.05, 4.69) is 15.5 Å². The molecule has 0 aliphatic rings. The number of aryl methyl sites for hydroxylation is 1. The summed E-state index contributed by atoms with van der Waals surface area (Å²) in [5, 5.41) is 12.2. The van der Waals surface area contributed by atoms with Gasteiger partial charge in [-0.25, -0.2) is 0 Å². The van der Waals surface area contributed by atoms with Gasteiger partial charge in [0.1, 0.15) is 16.5 Å². The van der Waals surface area contributed by atoms with Crippen LogP contribution in [0, 0.1) is 13.8 Å². The van der Waals surface area contributed by atoms with Gasteiger partial charge in [-0.2, -0.15) is 0 Å². The number of carbonyl (C=O) groups is 1. The average molecular weight is 398 g/mol. The average Bonchev–Trinajstić information content (AvgIpc) is 3.17. The van der Waals surface area contributed by atoms with Crippen molar-refractivity contribution in [3.8, 4) is 22.1 Å². The largest absolute Gasteiger partial charge is 0.497 e. The van der Waals surface area contributed by atoms with E-state index in [1.807, 2.05) is 63.2 Å². The lowest BCUT2D eigenvalue weighted by atomic mass is 10.1. The van der Waals surface area contributed by atoms with Gasteiger partial charge in [-0.1, -0.05) is 30.4 Å². The molecule has 0 spiro atoms. The number of ether oxygens (including phenoxy) is 2. The number of anilines is 1. The highest BCUT2D eigenvalue weighted by atomic mass is 32.1. The summed E-state index contributed by atoms with van der Waals surface area (Å²) in [5.41, 5.74) is 3.07. The molecule has 2 aromatic carbocycles. The maximum absolute atomic E-state index is 12.7. The highest BCUT2D eigenvalue weighted by molar-refractivity contribution is 7.18. The van der Waals surface area contributed by atoms with E-state index in [9.17, 15) is 4.79 Å². The van der Waals surface area contributed by atoms with Gasteiger partial charge in [0.25, 0.3) is 5.91 Å². The maximum atomic E-state index is 12.7. The molecule has 6 nitrogen and oxygen atoms in total. The Balaban J connectivity index is 1.69. The molecule has 1 amide bonds. The predicted octanol–water partition coefficient (Wildman–Crippen LogP) is 4.63. The lowest BCUT2D eigenvalue weighted by molar-refractivity contribution is -0.122. The van der Waals surface area contributed by atoms with Crippen LogP contribution in [0.15, 0.2) is 42.5 Å². The molecule has 146 valence electrons. The SMILES string of the molecule is CCC(Oc1cccc(C)c1C)C(=O)Nc1nnc(-c2ccc(OC)cc2)s1. The molecule has 28 heavy (non-hydrogen) atoms. The summed E-state index contributed by atoms with van der Waals surface area (Å²) >= 11 is 1.32. The summed E-state index contributed by atoms with van der Waals surface area (Å²) in [6.07, 6.45) is -0.0579. The van der Waals surface area contributed by atoms with Gasteiger partial charge in [0.2, 0.25) is 5.13 Å². The topological polar surface area (TPSA) is 73.3 Å². The molecule has 0 aliphatic heterocycles. The van der Waals surface area contributed by atoms with Crippen molar-refractivity contribution >= 4 is 22.4 Å². The number of hydrogen-bond acceptors (Lipinski definition) is 6. The number of aromatic nitrogens is 2. The van der Waals surface area contributed by atoms with Crippen LogP contribution in [-0.4, -0.2) is 29.3 Å². The molecule has 3 rings (SSSR count). The van der Waals surface area contributed by atoms with E-state index in [0.717, 1.165) is 33.2 Å². The van der Waals surface area contributed by atoms with Crippen LogP contribution >= 0.6 is 11.3 Å². The molecule has 1 unspecified atom stereocenters. The number of methoxy groups -OCH3 is 1. The van der Waals surface area contributed by atoms with Crippen molar-refractivity contribution in [2.24, 2.45) is 0 Å². The van der Waals surface area contributed by atoms with E-state index >= 15 is 0 Å². The Morgan fingerprint density at radius 3 is 2.57 bits per heavy atom. The van der Waals surface area contributed by atoms with Crippen molar-refractivity contribution in [1.29, 1.82) is 0 Å². The number of rotatable bonds is 7. The van der Waals surface area contributed by atoms with Crippen LogP contribution in [0.4, 0.5) is 5.13 Å². The van der Waals surface area contributed by atoms with E-state index in [1.165, 1.54) is 11.3 Å². The Morgan fingerprint density at radius 1 is 1.14 bits per heavy atom. The fraction of sp³-hybridized carbons (Fsp3) is 0.286. The third-order valence-electron chi connectivity index (χ3n) is 4.48. The first kappa shape index (κ1) is 19.8. The molecule has 7 heteroatoms. The molecule has 1 N–H and O–H groups in total. The van der Waals surface area contributed by atoms with Crippen LogP contribution in [0.3, 0.4) is 0 Å². The van der Waals surface area contributed by atoms with E-state index in [1.54, 1.807) is 7.11 Å². The zero-order valence-electron chi connectivity index (χ0n) is 16.4. The first-order chi connectivity index (χ1) is 13.5. The second-order valence-corrected chi connectivity index (χ2v) is 7.32. The van der Waals surface area contributed by atoms with Crippen LogP contribution in [-0.2, 0) is 4.79 Å². The van der Waals surface area contributed by atoms with Gasteiger partial charge in [-0.15, -0.1) is 10.2 Å². The quantitative estimate of drug-likeness (QED) is 0.629. The zero-order chi connectivity index (χ0) is 20.1. The van der Waals surface area contributed by atoms with Crippen molar-refractivity contribution in [3.05, 3.63) is 53.6 Å². The van der Waals surface area contributed by atoms with Gasteiger partial charge < -0.3 is 9.47 Å². The Hall–Kier alpha value is -2.93. The molecule has 1 atom stereocenters. The smallest absolute Gasteiger partial charge is 0.267 e. The van der Waals surface area contributed by atoms with Crippen LogP contribution in [0.1, 0.15) is 24.5 Å². The minimum absolute atomic E-state index is 0.235. The standard InChI is InChI=1S/C21H23N3O3S/c1-5-17(27-18-8-6-7-13(2)14(18)3)19(25)22-21-24-23-20(28-21)15-9-11-16(26-4)12-10-15/h6-12,17H,5H2,1-4H3,(H,22,24,25). The molecule has 1 aromatic heterocycles. The summed E-state index contributed by atoms with van der Waals surface area (Å²) in [6.45, 7) is 5.92. The van der Waals surface area contributed by atoms with Crippen molar-refractivity contribution in [3.63, 3.8) is 0 Å². The number of nitrogens with zero attached hydrogens (tertiary/aromatic N) is 2. The van der Waals surface area contributed by atoms with E-state index < -0.39 is 6.10 Å². The fourth-order valence-electron chi connectivity index (χ4n) is 2.64. The summed E-state index contributed by atoms with van der Waals surface area (Å²) in [5.74, 6) is 1.26. The van der Waals surface area contributed by atoms with Gasteiger partial charge in [0.05, 0.1) is 7.11 Å². The van der Waals surface area contributed by atoms with E-state index in [-0.39, 0.29) is 5.91 Å². The van der Waals surface area contributed by atoms with Crippen molar-refractivity contribution < 1.29 is 14.3 Å². The Morgan fingerprint density at radius 2 is 1.89 bits per heavy atom. The Kier molecular flexibility index (Phi) is 6.26. The summed E-state index contributed by atoms with van der Waals surface area (Å²) in [6, 6.07) is 13.4. The minimum Gasteiger partial charge on any atom is -0.497 e. The van der Waals surface area contributed by atoms with Gasteiger partial charge in [-0.05, 0) is 61.7 Å². The van der Waals surface area contributed by atoms with Crippen LogP contribution in [0.2, 0.25) is 0 Å². The first-order valence-corrected chi connectivity index (χ1v) is 9.85. The zero-order valence-corrected chi connectivity index (χ0v) is 17.2. The summed E-state index contributed by atoms with van der Waals surface area (Å²) < 4.78 is 11.1. The Bertz CT molecular complexity index is 954. The molecule has 0 aliphatic carbocycles. The maximum Gasteiger partial charge on any atom is 0.267 e. The van der Waals surface area contributed by atoms with E-state index in [4.69, 9.17) is 9.47 Å². The van der Waals surface area contributed by atoms with Gasteiger partial charge >= 0.3 is 0 Å². The molecule has 0 radical (unpaired) electrons. The normalized spacial score (nSPS) is 11.7. The van der Waals surface area contributed by atoms with Crippen LogP contribution in [0.25, 0.3) is 10.6 Å². The first-order valence-electron chi connectivity index (χ1n) is 9.03. The van der Waals surface area contributed by atoms with Gasteiger partial charge in [0.15, 0.2) is 6.10 Å². The molecular weight excluding hydrogens is 374 g/mol. The third-order valence-corrected chi connectivity index (χ3v) is 5.37. The van der Waals surface area contributed by atoms with Crippen LogP contribution < -0.4 is 14.8 Å². The molecular formula is C21H23N3O3S. The third kappa shape index (κ3) is 4.48. The number of benzene rings is 2. The van der Waals surface area contributed by atoms with Crippen LogP contribution in [0.5, 0.6) is 11.5 Å². The Labute approximate surface area is 168 Å². The van der Waals surface area contributed by atoms with E-state index in [0.29, 0.717) is 11.6 Å². The molecule has 0 fully saturated rings. The molecule has 0 bridgehead atoms. The second kappa shape index (κ2) is 8.84. The number of amides is 1. The van der Waals surface area contributed by atoms with Gasteiger partial charge in [-0.3, -0.25) is 10.1 Å².